The Morgan fingerprint density at radius 1 is 1.35 bits per heavy atom. The Kier molecular flexibility index (Phi) is 3.58. The molecule has 0 aliphatic carbocycles. The summed E-state index contributed by atoms with van der Waals surface area (Å²) in [7, 11) is 0. The van der Waals surface area contributed by atoms with E-state index in [-0.39, 0.29) is 0 Å². The third-order valence-electron chi connectivity index (χ3n) is 1.56. The van der Waals surface area contributed by atoms with Crippen LogP contribution in [0.25, 0.3) is 10.4 Å². The number of rotatable bonds is 4. The maximum Gasteiger partial charge on any atom is 0.307 e. The van der Waals surface area contributed by atoms with E-state index in [1.807, 2.05) is 0 Å². The van der Waals surface area contributed by atoms with Gasteiger partial charge >= 0.3 is 17.9 Å². The molecule has 0 aromatic carbocycles. The van der Waals surface area contributed by atoms with Gasteiger partial charge in [0, 0.05) is 17.7 Å². The maximum absolute atomic E-state index is 11.4. The smallest absolute Gasteiger partial charge is 0.264 e. The fourth-order valence-electron chi connectivity index (χ4n) is 1.01. The minimum Gasteiger partial charge on any atom is -0.264 e. The molecule has 2 amide bonds. The topological polar surface area (TPSA) is 128 Å². The van der Waals surface area contributed by atoms with Crippen LogP contribution in [0, 0.1) is 0 Å². The molecule has 0 saturated carbocycles. The van der Waals surface area contributed by atoms with Crippen LogP contribution in [-0.2, 0) is 14.4 Å². The van der Waals surface area contributed by atoms with Crippen molar-refractivity contribution in [2.75, 3.05) is 0 Å². The van der Waals surface area contributed by atoms with E-state index in [1.54, 1.807) is 5.16 Å². The highest BCUT2D eigenvalue weighted by Crippen LogP contribution is 2.21. The van der Waals surface area contributed by atoms with Crippen molar-refractivity contribution in [2.24, 2.45) is 15.4 Å². The van der Waals surface area contributed by atoms with E-state index in [2.05, 4.69) is 32.6 Å². The number of isocyanates is 1. The van der Waals surface area contributed by atoms with E-state index >= 15 is 0 Å². The van der Waals surface area contributed by atoms with Gasteiger partial charge < -0.3 is 0 Å². The highest BCUT2D eigenvalue weighted by atomic mass is 32.1. The van der Waals surface area contributed by atoms with Crippen molar-refractivity contribution in [2.45, 2.75) is 0 Å². The average molecular weight is 252 g/mol. The molecule has 84 valence electrons. The number of imide groups is 1. The average Bonchev–Trinajstić information content (AvgIpc) is 2.60. The van der Waals surface area contributed by atoms with E-state index in [9.17, 15) is 14.4 Å². The Morgan fingerprint density at radius 3 is 2.35 bits per heavy atom. The lowest BCUT2D eigenvalue weighted by Crippen LogP contribution is -2.51. The van der Waals surface area contributed by atoms with Crippen LogP contribution < -0.4 is 0 Å². The van der Waals surface area contributed by atoms with E-state index in [0.717, 1.165) is 18.2 Å². The Bertz CT molecular complexity index is 486. The zero-order chi connectivity index (χ0) is 12.9. The number of quaternary nitrogens is 1. The van der Waals surface area contributed by atoms with Crippen molar-refractivity contribution in [3.8, 4) is 0 Å². The van der Waals surface area contributed by atoms with Gasteiger partial charge in [-0.15, -0.1) is 0 Å². The Labute approximate surface area is 98.2 Å². The van der Waals surface area contributed by atoms with Crippen molar-refractivity contribution in [1.82, 2.24) is 5.01 Å². The summed E-state index contributed by atoms with van der Waals surface area (Å²) in [4.78, 5) is 33.6. The Hall–Kier alpha value is -2.67. The molecule has 17 heavy (non-hydrogen) atoms. The first kappa shape index (κ1) is 12.4. The SMILES string of the molecule is [N-]=[N+]=N[N+](N=C=O)(N=C=S)N1C(=O)C=CC1=O. The number of nitrogens with zero attached hydrogens (tertiary/aromatic N) is 7. The van der Waals surface area contributed by atoms with Gasteiger partial charge in [-0.3, -0.25) is 9.59 Å². The molecule has 0 N–H and O–H groups in total. The van der Waals surface area contributed by atoms with Gasteiger partial charge in [0.2, 0.25) is 5.22 Å². The lowest BCUT2D eigenvalue weighted by atomic mass is 10.6. The predicted molar refractivity (Wildman–Crippen MR) is 53.5 cm³/mol. The fraction of sp³-hybridized carbons (Fsp3) is 0. The quantitative estimate of drug-likeness (QED) is 0.0810. The number of hydrogen-bond acceptors (Lipinski definition) is 7. The summed E-state index contributed by atoms with van der Waals surface area (Å²) in [5.74, 6) is -1.76. The van der Waals surface area contributed by atoms with Gasteiger partial charge in [0.25, 0.3) is 0 Å². The summed E-state index contributed by atoms with van der Waals surface area (Å²) < 4.78 is 0. The molecule has 1 aliphatic rings. The summed E-state index contributed by atoms with van der Waals surface area (Å²) in [6, 6.07) is 0. The molecule has 11 heteroatoms. The van der Waals surface area contributed by atoms with Crippen LogP contribution in [0.3, 0.4) is 0 Å². The number of carbonyl (C=O) groups excluding carboxylic acids is 3. The van der Waals surface area contributed by atoms with Gasteiger partial charge in [0.15, 0.2) is 4.92 Å². The van der Waals surface area contributed by atoms with E-state index in [4.69, 9.17) is 5.53 Å². The number of azide groups is 1. The highest BCUT2D eigenvalue weighted by Gasteiger charge is 2.48. The second-order valence-electron chi connectivity index (χ2n) is 2.42. The van der Waals surface area contributed by atoms with E-state index in [1.165, 1.54) is 0 Å². The van der Waals surface area contributed by atoms with Crippen molar-refractivity contribution < 1.29 is 19.3 Å². The van der Waals surface area contributed by atoms with E-state index < -0.39 is 16.7 Å². The fourth-order valence-corrected chi connectivity index (χ4v) is 1.12. The molecule has 1 atom stereocenters. The number of thiocarbonyl (C=S) groups is 1. The molecular weight excluding hydrogens is 250 g/mol. The number of hydrogen-bond donors (Lipinski definition) is 0. The van der Waals surface area contributed by atoms with Gasteiger partial charge in [-0.2, -0.15) is 0 Å². The Morgan fingerprint density at radius 2 is 1.94 bits per heavy atom. The van der Waals surface area contributed by atoms with Crippen molar-refractivity contribution in [3.05, 3.63) is 22.6 Å². The standard InChI is InChI=1S/C6H2N7O3S/c7-10-11-13(8-3-14,9-4-17)12-5(15)1-2-6(12)16/h1-2H/q+1. The molecule has 0 saturated heterocycles. The van der Waals surface area contributed by atoms with Crippen LogP contribution in [0.2, 0.25) is 0 Å². The first-order valence-corrected chi connectivity index (χ1v) is 4.23. The van der Waals surface area contributed by atoms with Crippen LogP contribution in [0.5, 0.6) is 0 Å². The third kappa shape index (κ3) is 2.13. The van der Waals surface area contributed by atoms with Gasteiger partial charge in [-0.05, 0) is 17.2 Å². The first-order chi connectivity index (χ1) is 8.11. The lowest BCUT2D eigenvalue weighted by Gasteiger charge is -2.19. The molecule has 0 bridgehead atoms. The summed E-state index contributed by atoms with van der Waals surface area (Å²) in [6.45, 7) is 0. The van der Waals surface area contributed by atoms with Crippen molar-refractivity contribution in [3.63, 3.8) is 0 Å². The molecule has 0 aromatic heterocycles. The maximum atomic E-state index is 11.4. The molecule has 10 nitrogen and oxygen atoms in total. The summed E-state index contributed by atoms with van der Waals surface area (Å²) >= 11 is 4.27. The third-order valence-corrected chi connectivity index (χ3v) is 1.65. The van der Waals surface area contributed by atoms with Crippen LogP contribution in [0.1, 0.15) is 0 Å². The van der Waals surface area contributed by atoms with E-state index in [0.29, 0.717) is 5.01 Å². The predicted octanol–water partition coefficient (Wildman–Crippen LogP) is 0.137. The van der Waals surface area contributed by atoms with Crippen molar-refractivity contribution >= 4 is 35.3 Å². The van der Waals surface area contributed by atoms with Gasteiger partial charge in [-0.25, -0.2) is 4.79 Å². The second kappa shape index (κ2) is 4.90. The molecule has 1 rings (SSSR count). The zero-order valence-electron chi connectivity index (χ0n) is 7.92. The van der Waals surface area contributed by atoms with Gasteiger partial charge in [0.05, 0.1) is 15.1 Å². The van der Waals surface area contributed by atoms with Gasteiger partial charge in [0.1, 0.15) is 5.16 Å². The number of amides is 2. The molecule has 0 fully saturated rings. The monoisotopic (exact) mass is 252 g/mol. The molecule has 1 heterocycles. The molecule has 0 radical (unpaired) electrons. The number of isothiocyanates is 1. The molecule has 1 aliphatic heterocycles. The molecular formula is C6H2N7O3S+. The molecule has 1 unspecified atom stereocenters. The normalized spacial score (nSPS) is 16.6. The molecule has 0 aromatic rings. The van der Waals surface area contributed by atoms with Crippen LogP contribution in [-0.4, -0.2) is 33.0 Å². The van der Waals surface area contributed by atoms with Crippen molar-refractivity contribution in [1.29, 1.82) is 0 Å². The Balaban J connectivity index is 3.46. The first-order valence-electron chi connectivity index (χ1n) is 3.82. The largest absolute Gasteiger partial charge is 0.307 e. The summed E-state index contributed by atoms with van der Waals surface area (Å²) in [5, 5.41) is 11.2. The minimum absolute atomic E-state index is 0.296. The lowest BCUT2D eigenvalue weighted by molar-refractivity contribution is -1.03. The van der Waals surface area contributed by atoms with Gasteiger partial charge in [-0.1, -0.05) is 0 Å². The minimum atomic E-state index is -1.69. The van der Waals surface area contributed by atoms with Crippen LogP contribution in [0.15, 0.2) is 27.6 Å². The van der Waals surface area contributed by atoms with Crippen LogP contribution >= 0.6 is 12.2 Å². The van der Waals surface area contributed by atoms with Crippen LogP contribution in [0.4, 0.5) is 0 Å². The summed E-state index contributed by atoms with van der Waals surface area (Å²) in [5.41, 5.74) is 8.35. The molecule has 0 spiro atoms. The zero-order valence-corrected chi connectivity index (χ0v) is 8.73. The second-order valence-corrected chi connectivity index (χ2v) is 2.60. The highest BCUT2D eigenvalue weighted by molar-refractivity contribution is 7.78. The number of carbonyl (C=O) groups is 2. The summed E-state index contributed by atoms with van der Waals surface area (Å²) in [6.07, 6.45) is 2.81.